The Labute approximate surface area is 108 Å². The van der Waals surface area contributed by atoms with Crippen LogP contribution in [0.3, 0.4) is 0 Å². The van der Waals surface area contributed by atoms with Crippen LogP contribution in [-0.2, 0) is 11.2 Å². The topological polar surface area (TPSA) is 17.1 Å². The quantitative estimate of drug-likeness (QED) is 0.695. The van der Waals surface area contributed by atoms with E-state index in [1.165, 1.54) is 11.1 Å². The highest BCUT2D eigenvalue weighted by atomic mass is 16.1. The molecule has 0 fully saturated rings. The number of benzene rings is 2. The summed E-state index contributed by atoms with van der Waals surface area (Å²) >= 11 is 0. The van der Waals surface area contributed by atoms with Gasteiger partial charge in [-0.25, -0.2) is 0 Å². The standard InChI is InChI=1S/C17H18O/c18-14-13-17(16-9-5-2-6-10-16)12-11-15-7-3-1-4-8-15/h1-10,14,17H,11-13H2/t17-/m0/s1. The molecule has 1 atom stereocenters. The van der Waals surface area contributed by atoms with Gasteiger partial charge < -0.3 is 4.79 Å². The first-order chi connectivity index (χ1) is 8.90. The smallest absolute Gasteiger partial charge is 0.120 e. The molecule has 0 heterocycles. The Morgan fingerprint density at radius 3 is 2.11 bits per heavy atom. The summed E-state index contributed by atoms with van der Waals surface area (Å²) in [6.45, 7) is 0. The maximum Gasteiger partial charge on any atom is 0.120 e. The minimum absolute atomic E-state index is 0.337. The van der Waals surface area contributed by atoms with Crippen molar-refractivity contribution in [1.82, 2.24) is 0 Å². The molecule has 0 amide bonds. The highest BCUT2D eigenvalue weighted by Gasteiger charge is 2.10. The first kappa shape index (κ1) is 12.6. The molecule has 0 saturated heterocycles. The van der Waals surface area contributed by atoms with E-state index in [1.807, 2.05) is 24.3 Å². The molecule has 2 aromatic carbocycles. The van der Waals surface area contributed by atoms with E-state index in [0.717, 1.165) is 19.1 Å². The zero-order valence-corrected chi connectivity index (χ0v) is 10.5. The van der Waals surface area contributed by atoms with Gasteiger partial charge in [0.05, 0.1) is 0 Å². The van der Waals surface area contributed by atoms with Gasteiger partial charge in [0.15, 0.2) is 0 Å². The van der Waals surface area contributed by atoms with Crippen LogP contribution in [0.2, 0.25) is 0 Å². The zero-order valence-electron chi connectivity index (χ0n) is 10.5. The van der Waals surface area contributed by atoms with Crippen LogP contribution in [0, 0.1) is 0 Å². The van der Waals surface area contributed by atoms with Gasteiger partial charge in [0.2, 0.25) is 0 Å². The number of rotatable bonds is 6. The largest absolute Gasteiger partial charge is 0.303 e. The molecule has 92 valence electrons. The summed E-state index contributed by atoms with van der Waals surface area (Å²) in [6, 6.07) is 20.7. The highest BCUT2D eigenvalue weighted by Crippen LogP contribution is 2.24. The number of carbonyl (C=O) groups excluding carboxylic acids is 1. The van der Waals surface area contributed by atoms with Gasteiger partial charge in [-0.1, -0.05) is 60.7 Å². The van der Waals surface area contributed by atoms with Crippen molar-refractivity contribution in [3.8, 4) is 0 Å². The Bertz CT molecular complexity index is 461. The Morgan fingerprint density at radius 2 is 1.50 bits per heavy atom. The summed E-state index contributed by atoms with van der Waals surface area (Å²) in [6.07, 6.45) is 3.68. The predicted molar refractivity (Wildman–Crippen MR) is 74.6 cm³/mol. The molecule has 1 heteroatoms. The molecule has 2 aromatic rings. The fraction of sp³-hybridized carbons (Fsp3) is 0.235. The van der Waals surface area contributed by atoms with Crippen LogP contribution in [0.15, 0.2) is 60.7 Å². The van der Waals surface area contributed by atoms with Crippen LogP contribution in [0.25, 0.3) is 0 Å². The number of carbonyl (C=O) groups is 1. The average Bonchev–Trinajstić information content (AvgIpc) is 2.45. The summed E-state index contributed by atoms with van der Waals surface area (Å²) in [5.74, 6) is 0.337. The highest BCUT2D eigenvalue weighted by molar-refractivity contribution is 5.51. The number of aryl methyl sites for hydroxylation is 1. The van der Waals surface area contributed by atoms with Crippen LogP contribution in [0.5, 0.6) is 0 Å². The van der Waals surface area contributed by atoms with E-state index >= 15 is 0 Å². The van der Waals surface area contributed by atoms with Crippen molar-refractivity contribution in [1.29, 1.82) is 0 Å². The van der Waals surface area contributed by atoms with Crippen molar-refractivity contribution in [2.24, 2.45) is 0 Å². The lowest BCUT2D eigenvalue weighted by Crippen LogP contribution is -2.01. The molecule has 0 unspecified atom stereocenters. The van der Waals surface area contributed by atoms with Gasteiger partial charge >= 0.3 is 0 Å². The minimum Gasteiger partial charge on any atom is -0.303 e. The lowest BCUT2D eigenvalue weighted by atomic mass is 9.90. The maximum absolute atomic E-state index is 10.8. The molecule has 0 bridgehead atoms. The van der Waals surface area contributed by atoms with Crippen LogP contribution >= 0.6 is 0 Å². The Hall–Kier alpha value is -1.89. The average molecular weight is 238 g/mol. The molecule has 18 heavy (non-hydrogen) atoms. The molecular formula is C17H18O. The Balaban J connectivity index is 2.01. The third-order valence-corrected chi connectivity index (χ3v) is 3.28. The van der Waals surface area contributed by atoms with Gasteiger partial charge in [-0.2, -0.15) is 0 Å². The molecule has 0 aliphatic rings. The molecule has 0 N–H and O–H groups in total. The second kappa shape index (κ2) is 6.75. The number of hydrogen-bond acceptors (Lipinski definition) is 1. The van der Waals surface area contributed by atoms with Gasteiger partial charge in [-0.3, -0.25) is 0 Å². The first-order valence-corrected chi connectivity index (χ1v) is 6.42. The van der Waals surface area contributed by atoms with E-state index in [1.54, 1.807) is 0 Å². The SMILES string of the molecule is O=CC[C@H](CCc1ccccc1)c1ccccc1. The fourth-order valence-electron chi connectivity index (χ4n) is 2.25. The van der Waals surface area contributed by atoms with Crippen molar-refractivity contribution < 1.29 is 4.79 Å². The van der Waals surface area contributed by atoms with Crippen LogP contribution in [-0.4, -0.2) is 6.29 Å². The molecule has 0 saturated carbocycles. The van der Waals surface area contributed by atoms with Gasteiger partial charge in [0.25, 0.3) is 0 Å². The van der Waals surface area contributed by atoms with Crippen molar-refractivity contribution in [3.05, 3.63) is 71.8 Å². The van der Waals surface area contributed by atoms with Crippen LogP contribution in [0.4, 0.5) is 0 Å². The van der Waals surface area contributed by atoms with Crippen molar-refractivity contribution in [2.45, 2.75) is 25.2 Å². The third-order valence-electron chi connectivity index (χ3n) is 3.28. The fourth-order valence-corrected chi connectivity index (χ4v) is 2.25. The molecule has 2 rings (SSSR count). The van der Waals surface area contributed by atoms with E-state index in [9.17, 15) is 4.79 Å². The molecule has 1 nitrogen and oxygen atoms in total. The van der Waals surface area contributed by atoms with Gasteiger partial charge in [0, 0.05) is 6.42 Å². The van der Waals surface area contributed by atoms with E-state index in [0.29, 0.717) is 12.3 Å². The summed E-state index contributed by atoms with van der Waals surface area (Å²) in [5, 5.41) is 0. The van der Waals surface area contributed by atoms with E-state index < -0.39 is 0 Å². The van der Waals surface area contributed by atoms with Crippen molar-refractivity contribution in [3.63, 3.8) is 0 Å². The molecule has 0 spiro atoms. The molecule has 0 radical (unpaired) electrons. The third kappa shape index (κ3) is 3.56. The molecule has 0 aliphatic heterocycles. The normalized spacial score (nSPS) is 12.0. The summed E-state index contributed by atoms with van der Waals surface area (Å²) in [7, 11) is 0. The van der Waals surface area contributed by atoms with Gasteiger partial charge in [-0.05, 0) is 29.9 Å². The van der Waals surface area contributed by atoms with Crippen LogP contribution in [0.1, 0.15) is 29.9 Å². The Kier molecular flexibility index (Phi) is 4.71. The van der Waals surface area contributed by atoms with E-state index in [2.05, 4.69) is 36.4 Å². The summed E-state index contributed by atoms with van der Waals surface area (Å²) in [5.41, 5.74) is 2.60. The maximum atomic E-state index is 10.8. The van der Waals surface area contributed by atoms with Crippen LogP contribution < -0.4 is 0 Å². The summed E-state index contributed by atoms with van der Waals surface area (Å²) in [4.78, 5) is 10.8. The zero-order chi connectivity index (χ0) is 12.6. The number of aldehydes is 1. The van der Waals surface area contributed by atoms with Crippen molar-refractivity contribution >= 4 is 6.29 Å². The second-order valence-corrected chi connectivity index (χ2v) is 4.53. The summed E-state index contributed by atoms with van der Waals surface area (Å²) < 4.78 is 0. The molecule has 0 aliphatic carbocycles. The van der Waals surface area contributed by atoms with Gasteiger partial charge in [0.1, 0.15) is 6.29 Å². The predicted octanol–water partition coefficient (Wildman–Crippen LogP) is 3.99. The second-order valence-electron chi connectivity index (χ2n) is 4.53. The van der Waals surface area contributed by atoms with E-state index in [-0.39, 0.29) is 0 Å². The number of hydrogen-bond donors (Lipinski definition) is 0. The lowest BCUT2D eigenvalue weighted by Gasteiger charge is -2.14. The van der Waals surface area contributed by atoms with E-state index in [4.69, 9.17) is 0 Å². The minimum atomic E-state index is 0.337. The monoisotopic (exact) mass is 238 g/mol. The van der Waals surface area contributed by atoms with Crippen molar-refractivity contribution in [2.75, 3.05) is 0 Å². The Morgan fingerprint density at radius 1 is 0.889 bits per heavy atom. The first-order valence-electron chi connectivity index (χ1n) is 6.42. The molecule has 0 aromatic heterocycles. The van der Waals surface area contributed by atoms with Gasteiger partial charge in [-0.15, -0.1) is 0 Å². The molecular weight excluding hydrogens is 220 g/mol. The lowest BCUT2D eigenvalue weighted by molar-refractivity contribution is -0.108.